The predicted octanol–water partition coefficient (Wildman–Crippen LogP) is 3.47. The lowest BCUT2D eigenvalue weighted by atomic mass is 10.0. The minimum absolute atomic E-state index is 0.0287. The topological polar surface area (TPSA) is 118 Å². The second kappa shape index (κ2) is 11.7. The Kier molecular flexibility index (Phi) is 8.21. The summed E-state index contributed by atoms with van der Waals surface area (Å²) in [6.07, 6.45) is 4.18. The quantitative estimate of drug-likeness (QED) is 0.155. The molecular formula is C25H25F3N6O3. The average molecular weight is 515 g/mol. The normalized spacial score (nSPS) is 15.5. The highest BCUT2D eigenvalue weighted by Gasteiger charge is 2.34. The maximum absolute atomic E-state index is 15.1. The Hall–Kier alpha value is -4.16. The second-order valence-corrected chi connectivity index (χ2v) is 8.43. The number of hydrogen-bond donors (Lipinski definition) is 3. The minimum Gasteiger partial charge on any atom is -0.494 e. The van der Waals surface area contributed by atoms with Crippen LogP contribution in [0.2, 0.25) is 0 Å². The van der Waals surface area contributed by atoms with Crippen LogP contribution < -0.4 is 16.1 Å². The first-order valence-electron chi connectivity index (χ1n) is 11.3. The van der Waals surface area contributed by atoms with Crippen molar-refractivity contribution in [2.45, 2.75) is 19.5 Å². The predicted molar refractivity (Wildman–Crippen MR) is 129 cm³/mol. The standard InChI is InChI=1S/C25H25F3N6O3/c1-15(6-7-37-29)36-14-17-8-22(35)34(13-17)21-9-20(26)23(25(28)24(21)27)18-4-2-16(3-5-18)10-30-11-19-12-31-33-32-19/h2-7,9,12,17,30H,1,8,10-11,13-14,29H2,(H,31,32,33)/b7-6-. The molecule has 37 heavy (non-hydrogen) atoms. The first kappa shape index (κ1) is 25.9. The van der Waals surface area contributed by atoms with Gasteiger partial charge in [-0.1, -0.05) is 30.8 Å². The average Bonchev–Trinajstić information content (AvgIpc) is 3.54. The summed E-state index contributed by atoms with van der Waals surface area (Å²) in [6.45, 7) is 4.75. The molecule has 1 atom stereocenters. The summed E-state index contributed by atoms with van der Waals surface area (Å²) in [6, 6.07) is 7.25. The molecule has 0 spiro atoms. The number of rotatable bonds is 11. The van der Waals surface area contributed by atoms with Crippen molar-refractivity contribution in [2.75, 3.05) is 18.1 Å². The molecule has 4 N–H and O–H groups in total. The highest BCUT2D eigenvalue weighted by atomic mass is 19.2. The van der Waals surface area contributed by atoms with Gasteiger partial charge in [0.1, 0.15) is 17.8 Å². The molecule has 1 fully saturated rings. The molecule has 0 saturated carbocycles. The first-order valence-corrected chi connectivity index (χ1v) is 11.3. The van der Waals surface area contributed by atoms with Crippen molar-refractivity contribution in [1.82, 2.24) is 20.7 Å². The van der Waals surface area contributed by atoms with E-state index in [1.807, 2.05) is 0 Å². The SMILES string of the molecule is C=C(/C=C\ON)OCC1CC(=O)N(c2cc(F)c(-c3ccc(CNCc4cn[nH]n4)cc3)c(F)c2F)C1. The molecule has 9 nitrogen and oxygen atoms in total. The van der Waals surface area contributed by atoms with E-state index in [0.29, 0.717) is 13.1 Å². The molecule has 0 bridgehead atoms. The number of nitrogens with two attached hydrogens (primary N) is 1. The Balaban J connectivity index is 1.44. The van der Waals surface area contributed by atoms with Gasteiger partial charge in [-0.3, -0.25) is 4.79 Å². The van der Waals surface area contributed by atoms with Crippen LogP contribution in [0.1, 0.15) is 17.7 Å². The third kappa shape index (κ3) is 6.16. The van der Waals surface area contributed by atoms with E-state index >= 15 is 13.2 Å². The van der Waals surface area contributed by atoms with Crippen molar-refractivity contribution in [3.05, 3.63) is 89.9 Å². The Morgan fingerprint density at radius 2 is 2.03 bits per heavy atom. The van der Waals surface area contributed by atoms with Crippen molar-refractivity contribution in [1.29, 1.82) is 0 Å². The molecule has 12 heteroatoms. The summed E-state index contributed by atoms with van der Waals surface area (Å²) in [5.74, 6) is 0.713. The number of amides is 1. The summed E-state index contributed by atoms with van der Waals surface area (Å²) in [7, 11) is 0. The number of carbonyl (C=O) groups is 1. The molecule has 1 aliphatic rings. The molecule has 194 valence electrons. The number of benzene rings is 2. The smallest absolute Gasteiger partial charge is 0.227 e. The van der Waals surface area contributed by atoms with Crippen molar-refractivity contribution >= 4 is 11.6 Å². The van der Waals surface area contributed by atoms with Crippen LogP contribution in [0.5, 0.6) is 0 Å². The van der Waals surface area contributed by atoms with Crippen LogP contribution in [-0.4, -0.2) is 34.5 Å². The van der Waals surface area contributed by atoms with Crippen molar-refractivity contribution < 1.29 is 27.5 Å². The highest BCUT2D eigenvalue weighted by Crippen LogP contribution is 2.36. The maximum Gasteiger partial charge on any atom is 0.227 e. The Labute approximate surface area is 210 Å². The molecule has 1 aromatic heterocycles. The van der Waals surface area contributed by atoms with E-state index in [9.17, 15) is 4.79 Å². The highest BCUT2D eigenvalue weighted by molar-refractivity contribution is 5.96. The fraction of sp³-hybridized carbons (Fsp3) is 0.240. The van der Waals surface area contributed by atoms with Gasteiger partial charge in [-0.15, -0.1) is 0 Å². The van der Waals surface area contributed by atoms with E-state index in [-0.39, 0.29) is 36.8 Å². The van der Waals surface area contributed by atoms with Crippen LogP contribution in [0.3, 0.4) is 0 Å². The fourth-order valence-corrected chi connectivity index (χ4v) is 3.99. The van der Waals surface area contributed by atoms with Gasteiger partial charge in [0, 0.05) is 44.1 Å². The van der Waals surface area contributed by atoms with Gasteiger partial charge in [0.2, 0.25) is 5.91 Å². The summed E-state index contributed by atoms with van der Waals surface area (Å²) in [4.78, 5) is 17.8. The van der Waals surface area contributed by atoms with Crippen LogP contribution in [0.15, 0.2) is 61.2 Å². The molecule has 0 radical (unpaired) electrons. The van der Waals surface area contributed by atoms with E-state index in [4.69, 9.17) is 10.6 Å². The maximum atomic E-state index is 15.1. The largest absolute Gasteiger partial charge is 0.494 e. The van der Waals surface area contributed by atoms with Gasteiger partial charge in [0.25, 0.3) is 0 Å². The van der Waals surface area contributed by atoms with Crippen molar-refractivity contribution in [2.24, 2.45) is 11.8 Å². The lowest BCUT2D eigenvalue weighted by Crippen LogP contribution is -2.26. The van der Waals surface area contributed by atoms with Gasteiger partial charge in [-0.2, -0.15) is 21.3 Å². The van der Waals surface area contributed by atoms with E-state index in [2.05, 4.69) is 32.1 Å². The van der Waals surface area contributed by atoms with Gasteiger partial charge >= 0.3 is 0 Å². The van der Waals surface area contributed by atoms with Crippen molar-refractivity contribution in [3.8, 4) is 11.1 Å². The summed E-state index contributed by atoms with van der Waals surface area (Å²) in [5.41, 5.74) is 0.824. The summed E-state index contributed by atoms with van der Waals surface area (Å²) in [5, 5.41) is 13.3. The van der Waals surface area contributed by atoms with Crippen LogP contribution in [0.25, 0.3) is 11.1 Å². The molecule has 1 saturated heterocycles. The summed E-state index contributed by atoms with van der Waals surface area (Å²) < 4.78 is 50.6. The molecule has 0 aliphatic carbocycles. The molecule has 1 aliphatic heterocycles. The number of carbonyl (C=O) groups excluding carboxylic acids is 1. The summed E-state index contributed by atoms with van der Waals surface area (Å²) >= 11 is 0. The Morgan fingerprint density at radius 1 is 1.24 bits per heavy atom. The molecular weight excluding hydrogens is 489 g/mol. The molecule has 1 unspecified atom stereocenters. The Bertz CT molecular complexity index is 1280. The zero-order valence-corrected chi connectivity index (χ0v) is 19.7. The third-order valence-electron chi connectivity index (χ3n) is 5.81. The lowest BCUT2D eigenvalue weighted by molar-refractivity contribution is -0.117. The van der Waals surface area contributed by atoms with Gasteiger partial charge < -0.3 is 19.8 Å². The molecule has 2 heterocycles. The van der Waals surface area contributed by atoms with E-state index in [0.717, 1.165) is 22.2 Å². The van der Waals surface area contributed by atoms with Gasteiger partial charge in [0.15, 0.2) is 11.6 Å². The van der Waals surface area contributed by atoms with Crippen molar-refractivity contribution in [3.63, 3.8) is 0 Å². The Morgan fingerprint density at radius 3 is 2.73 bits per heavy atom. The number of nitrogens with zero attached hydrogens (tertiary/aromatic N) is 3. The minimum atomic E-state index is -1.36. The monoisotopic (exact) mass is 514 g/mol. The lowest BCUT2D eigenvalue weighted by Gasteiger charge is -2.20. The first-order chi connectivity index (χ1) is 17.9. The van der Waals surface area contributed by atoms with E-state index < -0.39 is 34.6 Å². The molecule has 3 aromatic rings. The number of allylic oxidation sites excluding steroid dienone is 1. The van der Waals surface area contributed by atoms with E-state index in [1.165, 1.54) is 24.5 Å². The van der Waals surface area contributed by atoms with Crippen LogP contribution in [0.4, 0.5) is 18.9 Å². The van der Waals surface area contributed by atoms with Gasteiger partial charge in [0.05, 0.1) is 29.7 Å². The van der Waals surface area contributed by atoms with Crippen LogP contribution in [0, 0.1) is 23.4 Å². The zero-order chi connectivity index (χ0) is 26.4. The number of nitrogens with one attached hydrogen (secondary N) is 2. The van der Waals surface area contributed by atoms with Gasteiger partial charge in [-0.05, 0) is 11.1 Å². The number of halogens is 3. The van der Waals surface area contributed by atoms with E-state index in [1.54, 1.807) is 18.3 Å². The van der Waals surface area contributed by atoms with Crippen LogP contribution >= 0.6 is 0 Å². The molecule has 1 amide bonds. The number of H-pyrrole nitrogens is 1. The number of hydrogen-bond acceptors (Lipinski definition) is 7. The van der Waals surface area contributed by atoms with Gasteiger partial charge in [-0.25, -0.2) is 13.2 Å². The van der Waals surface area contributed by atoms with Crippen LogP contribution in [-0.2, 0) is 27.5 Å². The number of aromatic nitrogens is 3. The zero-order valence-electron chi connectivity index (χ0n) is 19.7. The fourth-order valence-electron chi connectivity index (χ4n) is 3.99. The number of aromatic amines is 1. The molecule has 2 aromatic carbocycles. The third-order valence-corrected chi connectivity index (χ3v) is 5.81. The number of anilines is 1. The second-order valence-electron chi connectivity index (χ2n) is 8.43. The number of ether oxygens (including phenoxy) is 1. The molecule has 4 rings (SSSR count).